The van der Waals surface area contributed by atoms with Gasteiger partial charge < -0.3 is 14.7 Å². The Morgan fingerprint density at radius 2 is 2.16 bits per heavy atom. The summed E-state index contributed by atoms with van der Waals surface area (Å²) in [6.07, 6.45) is 3.90. The van der Waals surface area contributed by atoms with Crippen molar-refractivity contribution in [2.75, 3.05) is 19.7 Å². The molecule has 2 aromatic rings. The number of aromatic nitrogens is 2. The van der Waals surface area contributed by atoms with Crippen molar-refractivity contribution in [1.29, 1.82) is 0 Å². The summed E-state index contributed by atoms with van der Waals surface area (Å²) in [5.74, 6) is -0.126. The molecule has 0 aliphatic carbocycles. The number of amides is 1. The van der Waals surface area contributed by atoms with E-state index >= 15 is 0 Å². The van der Waals surface area contributed by atoms with Gasteiger partial charge in [0.05, 0.1) is 13.2 Å². The van der Waals surface area contributed by atoms with Gasteiger partial charge in [0.2, 0.25) is 5.91 Å². The summed E-state index contributed by atoms with van der Waals surface area (Å²) in [6, 6.07) is 5.05. The van der Waals surface area contributed by atoms with Crippen molar-refractivity contribution in [2.45, 2.75) is 20.0 Å². The molecule has 1 unspecified atom stereocenters. The fourth-order valence-corrected chi connectivity index (χ4v) is 2.90. The van der Waals surface area contributed by atoms with Crippen molar-refractivity contribution < 1.29 is 19.0 Å². The Hall–Kier alpha value is -2.54. The van der Waals surface area contributed by atoms with Crippen LogP contribution in [0.2, 0.25) is 0 Å². The van der Waals surface area contributed by atoms with E-state index in [4.69, 9.17) is 9.84 Å². The number of aliphatic hydroxyl groups is 1. The van der Waals surface area contributed by atoms with Crippen LogP contribution in [0.1, 0.15) is 18.9 Å². The van der Waals surface area contributed by atoms with Gasteiger partial charge in [0, 0.05) is 55.0 Å². The fraction of sp³-hybridized carbons (Fsp3) is 0.389. The summed E-state index contributed by atoms with van der Waals surface area (Å²) in [5, 5.41) is 9.14. The van der Waals surface area contributed by atoms with Gasteiger partial charge in [-0.1, -0.05) is 18.2 Å². The lowest BCUT2D eigenvalue weighted by molar-refractivity contribution is -0.127. The van der Waals surface area contributed by atoms with Crippen LogP contribution in [0.15, 0.2) is 30.6 Å². The Morgan fingerprint density at radius 3 is 2.80 bits per heavy atom. The molecule has 1 aliphatic heterocycles. The van der Waals surface area contributed by atoms with Crippen LogP contribution in [0.25, 0.3) is 11.1 Å². The normalized spacial score (nSPS) is 16.9. The van der Waals surface area contributed by atoms with E-state index in [1.807, 2.05) is 0 Å². The monoisotopic (exact) mass is 345 g/mol. The molecule has 25 heavy (non-hydrogen) atoms. The van der Waals surface area contributed by atoms with E-state index < -0.39 is 5.82 Å². The second-order valence-electron chi connectivity index (χ2n) is 6.12. The standard InChI is InChI=1S/C18H20FN3O3/c1-12(24)22-6-5-13(9-22)11-25-18-20-7-15(8-21-18)16-4-2-3-14(10-23)17(16)19/h2-4,7-8,13,23H,5-6,9-11H2,1H3. The Bertz CT molecular complexity index is 752. The maximum absolute atomic E-state index is 14.2. The van der Waals surface area contributed by atoms with E-state index in [0.717, 1.165) is 13.0 Å². The van der Waals surface area contributed by atoms with Crippen LogP contribution < -0.4 is 4.74 Å². The van der Waals surface area contributed by atoms with E-state index in [1.165, 1.54) is 18.5 Å². The molecule has 2 heterocycles. The van der Waals surface area contributed by atoms with Gasteiger partial charge in [-0.05, 0) is 6.42 Å². The molecular formula is C18H20FN3O3. The highest BCUT2D eigenvalue weighted by molar-refractivity contribution is 5.73. The smallest absolute Gasteiger partial charge is 0.316 e. The van der Waals surface area contributed by atoms with Crippen LogP contribution in [0.4, 0.5) is 4.39 Å². The number of benzene rings is 1. The maximum atomic E-state index is 14.2. The van der Waals surface area contributed by atoms with E-state index in [-0.39, 0.29) is 30.0 Å². The van der Waals surface area contributed by atoms with Gasteiger partial charge in [0.15, 0.2) is 0 Å². The minimum Gasteiger partial charge on any atom is -0.463 e. The van der Waals surface area contributed by atoms with Gasteiger partial charge in [-0.25, -0.2) is 14.4 Å². The number of hydrogen-bond donors (Lipinski definition) is 1. The summed E-state index contributed by atoms with van der Waals surface area (Å²) in [6.45, 7) is 3.09. The molecule has 0 bridgehead atoms. The van der Waals surface area contributed by atoms with E-state index in [9.17, 15) is 9.18 Å². The van der Waals surface area contributed by atoms with Crippen molar-refractivity contribution in [3.63, 3.8) is 0 Å². The number of carbonyl (C=O) groups is 1. The van der Waals surface area contributed by atoms with Gasteiger partial charge in [-0.2, -0.15) is 0 Å². The Labute approximate surface area is 145 Å². The molecule has 3 rings (SSSR count). The number of nitrogens with zero attached hydrogens (tertiary/aromatic N) is 3. The predicted octanol–water partition coefficient (Wildman–Crippen LogP) is 2.02. The van der Waals surface area contributed by atoms with Crippen molar-refractivity contribution in [3.05, 3.63) is 42.0 Å². The number of hydrogen-bond acceptors (Lipinski definition) is 5. The van der Waals surface area contributed by atoms with Crippen molar-refractivity contribution in [2.24, 2.45) is 5.92 Å². The zero-order valence-electron chi connectivity index (χ0n) is 14.0. The molecule has 1 atom stereocenters. The summed E-state index contributed by atoms with van der Waals surface area (Å²) < 4.78 is 19.8. The van der Waals surface area contributed by atoms with Gasteiger partial charge >= 0.3 is 6.01 Å². The SMILES string of the molecule is CC(=O)N1CCC(COc2ncc(-c3cccc(CO)c3F)cn2)C1. The highest BCUT2D eigenvalue weighted by Gasteiger charge is 2.24. The Balaban J connectivity index is 1.62. The predicted molar refractivity (Wildman–Crippen MR) is 89.2 cm³/mol. The maximum Gasteiger partial charge on any atom is 0.316 e. The zero-order valence-corrected chi connectivity index (χ0v) is 14.0. The highest BCUT2D eigenvalue weighted by Crippen LogP contribution is 2.25. The van der Waals surface area contributed by atoms with Gasteiger partial charge in [-0.15, -0.1) is 0 Å². The summed E-state index contributed by atoms with van der Waals surface area (Å²) in [5.41, 5.74) is 1.09. The lowest BCUT2D eigenvalue weighted by Gasteiger charge is -2.14. The molecule has 1 fully saturated rings. The van der Waals surface area contributed by atoms with Gasteiger partial charge in [0.25, 0.3) is 0 Å². The molecule has 7 heteroatoms. The molecule has 6 nitrogen and oxygen atoms in total. The fourth-order valence-electron chi connectivity index (χ4n) is 2.90. The van der Waals surface area contributed by atoms with E-state index in [1.54, 1.807) is 24.0 Å². The van der Waals surface area contributed by atoms with Crippen molar-refractivity contribution in [1.82, 2.24) is 14.9 Å². The minimum atomic E-state index is -0.474. The number of rotatable bonds is 5. The minimum absolute atomic E-state index is 0.0789. The van der Waals surface area contributed by atoms with Crippen LogP contribution in [-0.2, 0) is 11.4 Å². The van der Waals surface area contributed by atoms with E-state index in [0.29, 0.717) is 24.3 Å². The number of aliphatic hydroxyl groups excluding tert-OH is 1. The van der Waals surface area contributed by atoms with Crippen LogP contribution >= 0.6 is 0 Å². The van der Waals surface area contributed by atoms with Crippen LogP contribution in [0, 0.1) is 11.7 Å². The third-order valence-electron chi connectivity index (χ3n) is 4.37. The molecule has 0 spiro atoms. The van der Waals surface area contributed by atoms with Gasteiger partial charge in [-0.3, -0.25) is 4.79 Å². The summed E-state index contributed by atoms with van der Waals surface area (Å²) in [7, 11) is 0. The van der Waals surface area contributed by atoms with Crippen LogP contribution in [0.5, 0.6) is 6.01 Å². The third kappa shape index (κ3) is 3.93. The Morgan fingerprint density at radius 1 is 1.40 bits per heavy atom. The second-order valence-corrected chi connectivity index (χ2v) is 6.12. The summed E-state index contributed by atoms with van der Waals surface area (Å²) >= 11 is 0. The number of likely N-dealkylation sites (tertiary alicyclic amines) is 1. The third-order valence-corrected chi connectivity index (χ3v) is 4.37. The molecule has 0 radical (unpaired) electrons. The molecular weight excluding hydrogens is 325 g/mol. The van der Waals surface area contributed by atoms with Gasteiger partial charge in [0.1, 0.15) is 5.82 Å². The Kier molecular flexibility index (Phi) is 5.23. The molecule has 1 aliphatic rings. The van der Waals surface area contributed by atoms with Crippen LogP contribution in [-0.4, -0.2) is 45.6 Å². The largest absolute Gasteiger partial charge is 0.463 e. The zero-order chi connectivity index (χ0) is 17.8. The molecule has 1 saturated heterocycles. The van der Waals surface area contributed by atoms with Crippen molar-refractivity contribution in [3.8, 4) is 17.1 Å². The first-order valence-corrected chi connectivity index (χ1v) is 8.17. The average molecular weight is 345 g/mol. The molecule has 132 valence electrons. The molecule has 1 aromatic carbocycles. The first kappa shape index (κ1) is 17.3. The molecule has 1 amide bonds. The van der Waals surface area contributed by atoms with E-state index in [2.05, 4.69) is 9.97 Å². The lowest BCUT2D eigenvalue weighted by Crippen LogP contribution is -2.27. The second kappa shape index (κ2) is 7.57. The number of halogens is 1. The van der Waals surface area contributed by atoms with Crippen LogP contribution in [0.3, 0.4) is 0 Å². The molecule has 1 N–H and O–H groups in total. The topological polar surface area (TPSA) is 75.6 Å². The number of carbonyl (C=O) groups excluding carboxylic acids is 1. The highest BCUT2D eigenvalue weighted by atomic mass is 19.1. The first-order valence-electron chi connectivity index (χ1n) is 8.17. The lowest BCUT2D eigenvalue weighted by atomic mass is 10.1. The first-order chi connectivity index (χ1) is 12.1. The number of ether oxygens (including phenoxy) is 1. The van der Waals surface area contributed by atoms with Crippen molar-refractivity contribution >= 4 is 5.91 Å². The quantitative estimate of drug-likeness (QED) is 0.897. The molecule has 1 aromatic heterocycles. The average Bonchev–Trinajstić information content (AvgIpc) is 3.10. The summed E-state index contributed by atoms with van der Waals surface area (Å²) in [4.78, 5) is 21.4. The molecule has 0 saturated carbocycles.